The summed E-state index contributed by atoms with van der Waals surface area (Å²) in [5.41, 5.74) is 3.69. The zero-order valence-electron chi connectivity index (χ0n) is 16.7. The summed E-state index contributed by atoms with van der Waals surface area (Å²) in [4.78, 5) is 17.6. The highest BCUT2D eigenvalue weighted by molar-refractivity contribution is 5.94. The molecule has 166 valence electrons. The summed E-state index contributed by atoms with van der Waals surface area (Å²) in [6, 6.07) is 10.2. The number of aliphatic hydroxyl groups excluding tert-OH is 1. The first-order valence-electron chi connectivity index (χ1n) is 9.49. The lowest BCUT2D eigenvalue weighted by atomic mass is 10.1. The van der Waals surface area contributed by atoms with Gasteiger partial charge in [-0.1, -0.05) is 24.3 Å². The fourth-order valence-electron chi connectivity index (χ4n) is 2.81. The molecule has 0 bridgehead atoms. The molecule has 0 spiro atoms. The molecule has 0 unspecified atom stereocenters. The van der Waals surface area contributed by atoms with Crippen molar-refractivity contribution in [2.45, 2.75) is 19.2 Å². The number of hydrogen-bond acceptors (Lipinski definition) is 5. The Balaban J connectivity index is 1.66. The normalized spacial score (nSPS) is 15.0. The number of nitrogens with one attached hydrogen (secondary N) is 1. The van der Waals surface area contributed by atoms with Crippen LogP contribution in [0.1, 0.15) is 34.3 Å². The minimum atomic E-state index is -4.74. The van der Waals surface area contributed by atoms with E-state index in [1.54, 1.807) is 30.4 Å². The molecule has 1 saturated carbocycles. The van der Waals surface area contributed by atoms with Crippen LogP contribution in [0, 0.1) is 5.41 Å². The van der Waals surface area contributed by atoms with Crippen molar-refractivity contribution in [2.75, 3.05) is 20.3 Å². The van der Waals surface area contributed by atoms with E-state index in [4.69, 9.17) is 9.57 Å². The second kappa shape index (κ2) is 9.40. The summed E-state index contributed by atoms with van der Waals surface area (Å²) in [7, 11) is 1.49. The summed E-state index contributed by atoms with van der Waals surface area (Å²) in [5, 5.41) is 9.28. The maximum atomic E-state index is 12.3. The van der Waals surface area contributed by atoms with Gasteiger partial charge in [0.2, 0.25) is 0 Å². The van der Waals surface area contributed by atoms with Crippen LogP contribution in [0.2, 0.25) is 0 Å². The third-order valence-corrected chi connectivity index (χ3v) is 4.90. The Bertz CT molecular complexity index is 937. The molecule has 3 rings (SSSR count). The largest absolute Gasteiger partial charge is 0.573 e. The summed E-state index contributed by atoms with van der Waals surface area (Å²) in [6.07, 6.45) is 0.333. The fourth-order valence-corrected chi connectivity index (χ4v) is 2.81. The summed E-state index contributed by atoms with van der Waals surface area (Å²) < 4.78 is 45.9. The van der Waals surface area contributed by atoms with Crippen LogP contribution in [0.25, 0.3) is 12.2 Å². The summed E-state index contributed by atoms with van der Waals surface area (Å²) in [6.45, 7) is 0.260. The lowest BCUT2D eigenvalue weighted by molar-refractivity contribution is -0.274. The lowest BCUT2D eigenvalue weighted by Gasteiger charge is -2.13. The zero-order valence-corrected chi connectivity index (χ0v) is 16.7. The average Bonchev–Trinajstić information content (AvgIpc) is 3.52. The Kier molecular flexibility index (Phi) is 6.87. The zero-order chi connectivity index (χ0) is 22.5. The molecular weight excluding hydrogens is 415 g/mol. The maximum absolute atomic E-state index is 12.3. The van der Waals surface area contributed by atoms with Gasteiger partial charge in [0.15, 0.2) is 0 Å². The van der Waals surface area contributed by atoms with Crippen LogP contribution in [-0.4, -0.2) is 37.7 Å². The minimum Gasteiger partial charge on any atom is -0.496 e. The fraction of sp³-hybridized carbons (Fsp3) is 0.318. The van der Waals surface area contributed by atoms with Crippen LogP contribution < -0.4 is 15.0 Å². The third-order valence-electron chi connectivity index (χ3n) is 4.90. The molecule has 1 aliphatic rings. The monoisotopic (exact) mass is 437 g/mol. The van der Waals surface area contributed by atoms with Crippen LogP contribution in [0.5, 0.6) is 11.5 Å². The van der Waals surface area contributed by atoms with Crippen LogP contribution >= 0.6 is 0 Å². The Labute approximate surface area is 177 Å². The van der Waals surface area contributed by atoms with E-state index < -0.39 is 12.3 Å². The van der Waals surface area contributed by atoms with Crippen molar-refractivity contribution in [1.29, 1.82) is 0 Å². The maximum Gasteiger partial charge on any atom is 0.573 e. The van der Waals surface area contributed by atoms with E-state index in [-0.39, 0.29) is 24.4 Å². The molecule has 6 nitrogen and oxygen atoms in total. The van der Waals surface area contributed by atoms with Crippen molar-refractivity contribution in [3.05, 3.63) is 59.2 Å². The Morgan fingerprint density at radius 1 is 1.16 bits per heavy atom. The molecule has 0 aromatic heterocycles. The second-order valence-electron chi connectivity index (χ2n) is 7.28. The van der Waals surface area contributed by atoms with Gasteiger partial charge in [-0.2, -0.15) is 0 Å². The molecule has 0 radical (unpaired) electrons. The van der Waals surface area contributed by atoms with Gasteiger partial charge in [-0.05, 0) is 48.7 Å². The van der Waals surface area contributed by atoms with Gasteiger partial charge in [0.05, 0.1) is 20.3 Å². The van der Waals surface area contributed by atoms with Crippen molar-refractivity contribution < 1.29 is 37.4 Å². The molecule has 1 aliphatic carbocycles. The molecule has 2 aromatic carbocycles. The molecule has 1 amide bonds. The average molecular weight is 437 g/mol. The number of methoxy groups -OCH3 is 1. The van der Waals surface area contributed by atoms with E-state index >= 15 is 0 Å². The van der Waals surface area contributed by atoms with Crippen molar-refractivity contribution >= 4 is 18.1 Å². The van der Waals surface area contributed by atoms with Gasteiger partial charge in [-0.25, -0.2) is 5.48 Å². The number of amides is 1. The number of carbonyl (C=O) groups is 1. The molecule has 0 aliphatic heterocycles. The number of alkyl halides is 3. The van der Waals surface area contributed by atoms with Crippen molar-refractivity contribution in [3.63, 3.8) is 0 Å². The van der Waals surface area contributed by atoms with Gasteiger partial charge < -0.3 is 14.6 Å². The number of hydroxylamine groups is 1. The minimum absolute atomic E-state index is 0.0175. The molecule has 1 fully saturated rings. The number of carbonyl (C=O) groups excluding carboxylic acids is 1. The van der Waals surface area contributed by atoms with Gasteiger partial charge in [0, 0.05) is 16.5 Å². The smallest absolute Gasteiger partial charge is 0.496 e. The summed E-state index contributed by atoms with van der Waals surface area (Å²) >= 11 is 0. The van der Waals surface area contributed by atoms with Crippen LogP contribution in [-0.2, 0) is 4.84 Å². The Hall–Kier alpha value is -3.04. The van der Waals surface area contributed by atoms with Gasteiger partial charge in [-0.3, -0.25) is 9.63 Å². The highest BCUT2D eigenvalue weighted by atomic mass is 19.4. The van der Waals surface area contributed by atoms with Gasteiger partial charge in [0.25, 0.3) is 5.91 Å². The quantitative estimate of drug-likeness (QED) is 0.454. The van der Waals surface area contributed by atoms with Crippen LogP contribution in [0.3, 0.4) is 0 Å². The number of hydrogen-bond donors (Lipinski definition) is 2. The van der Waals surface area contributed by atoms with Crippen LogP contribution in [0.15, 0.2) is 42.5 Å². The SMILES string of the molecule is COc1ccc(C(=O)NOCC2(CO)CC2)cc1C=Cc1ccc(OC(F)(F)F)cc1. The Morgan fingerprint density at radius 3 is 2.45 bits per heavy atom. The number of rotatable bonds is 9. The summed E-state index contributed by atoms with van der Waals surface area (Å²) in [5.74, 6) is -0.238. The van der Waals surface area contributed by atoms with E-state index in [0.717, 1.165) is 12.8 Å². The first kappa shape index (κ1) is 22.6. The first-order valence-corrected chi connectivity index (χ1v) is 9.49. The molecule has 0 heterocycles. The highest BCUT2D eigenvalue weighted by Gasteiger charge is 2.42. The number of ether oxygens (including phenoxy) is 2. The predicted octanol–water partition coefficient (Wildman–Crippen LogP) is 4.20. The number of aliphatic hydroxyl groups is 1. The van der Waals surface area contributed by atoms with E-state index in [2.05, 4.69) is 10.2 Å². The highest BCUT2D eigenvalue weighted by Crippen LogP contribution is 2.44. The predicted molar refractivity (Wildman–Crippen MR) is 107 cm³/mol. The van der Waals surface area contributed by atoms with Gasteiger partial charge >= 0.3 is 6.36 Å². The molecule has 2 aromatic rings. The van der Waals surface area contributed by atoms with E-state index in [0.29, 0.717) is 22.4 Å². The van der Waals surface area contributed by atoms with E-state index in [1.807, 2.05) is 0 Å². The molecule has 9 heteroatoms. The van der Waals surface area contributed by atoms with E-state index in [1.165, 1.54) is 31.4 Å². The standard InChI is InChI=1S/C22H22F3NO5/c1-29-19-9-6-17(20(28)26-30-14-21(13-27)10-11-21)12-16(19)5-2-15-3-7-18(8-4-15)31-22(23,24)25/h2-9,12,27H,10-11,13-14H2,1H3,(H,26,28). The van der Waals surface area contributed by atoms with Crippen molar-refractivity contribution in [1.82, 2.24) is 5.48 Å². The molecule has 2 N–H and O–H groups in total. The van der Waals surface area contributed by atoms with Gasteiger partial charge in [0.1, 0.15) is 11.5 Å². The van der Waals surface area contributed by atoms with Crippen molar-refractivity contribution in [2.24, 2.45) is 5.41 Å². The third kappa shape index (κ3) is 6.47. The lowest BCUT2D eigenvalue weighted by Crippen LogP contribution is -2.28. The topological polar surface area (TPSA) is 77.0 Å². The molecule has 0 saturated heterocycles. The first-order chi connectivity index (χ1) is 14.7. The number of benzene rings is 2. The Morgan fingerprint density at radius 2 is 1.87 bits per heavy atom. The number of halogens is 3. The molecule has 0 atom stereocenters. The van der Waals surface area contributed by atoms with Gasteiger partial charge in [-0.15, -0.1) is 13.2 Å². The molecule has 31 heavy (non-hydrogen) atoms. The van der Waals surface area contributed by atoms with Crippen molar-refractivity contribution in [3.8, 4) is 11.5 Å². The second-order valence-corrected chi connectivity index (χ2v) is 7.28. The molecular formula is C22H22F3NO5. The van der Waals surface area contributed by atoms with Crippen LogP contribution in [0.4, 0.5) is 13.2 Å². The van der Waals surface area contributed by atoms with E-state index in [9.17, 15) is 23.1 Å².